The zero-order valence-electron chi connectivity index (χ0n) is 14.0. The molecule has 0 N–H and O–H groups in total. The number of carboxylic acids is 1. The van der Waals surface area contributed by atoms with E-state index in [0.717, 1.165) is 19.4 Å². The Hall–Kier alpha value is -1.32. The van der Waals surface area contributed by atoms with Crippen LogP contribution in [0.25, 0.3) is 0 Å². The van der Waals surface area contributed by atoms with Crippen LogP contribution >= 0.6 is 0 Å². The maximum atomic E-state index is 10.1. The van der Waals surface area contributed by atoms with Crippen molar-refractivity contribution in [3.63, 3.8) is 0 Å². The van der Waals surface area contributed by atoms with Crippen LogP contribution in [0.5, 0.6) is 0 Å². The maximum absolute atomic E-state index is 10.1. The number of nitrogens with zero attached hydrogens (tertiary/aromatic N) is 2. The minimum Gasteiger partial charge on any atom is -0.550 e. The predicted octanol–water partition coefficient (Wildman–Crippen LogP) is 2.60. The van der Waals surface area contributed by atoms with Crippen molar-refractivity contribution < 1.29 is 14.5 Å². The van der Waals surface area contributed by atoms with Crippen molar-refractivity contribution in [2.24, 2.45) is 7.05 Å². The molecule has 122 valence electrons. The number of hydrogen-bond acceptors (Lipinski definition) is 2. The number of carboxylic acid groups (broad SMARTS) is 1. The van der Waals surface area contributed by atoms with E-state index in [2.05, 4.69) is 30.9 Å². The lowest BCUT2D eigenvalue weighted by molar-refractivity contribution is -0.671. The summed E-state index contributed by atoms with van der Waals surface area (Å²) in [6.45, 7) is 5.39. The van der Waals surface area contributed by atoms with Crippen LogP contribution in [0.4, 0.5) is 0 Å². The molecule has 21 heavy (non-hydrogen) atoms. The minimum absolute atomic E-state index is 0.231. The van der Waals surface area contributed by atoms with Gasteiger partial charge in [0.1, 0.15) is 12.4 Å². The molecule has 1 rings (SSSR count). The summed E-state index contributed by atoms with van der Waals surface area (Å²) >= 11 is 0. The Bertz CT molecular complexity index is 361. The Labute approximate surface area is 129 Å². The molecule has 1 aromatic heterocycles. The van der Waals surface area contributed by atoms with Crippen molar-refractivity contribution in [3.05, 3.63) is 18.7 Å². The Morgan fingerprint density at radius 3 is 2.00 bits per heavy atom. The van der Waals surface area contributed by atoms with Crippen LogP contribution in [0.15, 0.2) is 18.7 Å². The van der Waals surface area contributed by atoms with Gasteiger partial charge in [-0.05, 0) is 19.8 Å². The molecule has 0 spiro atoms. The van der Waals surface area contributed by atoms with Gasteiger partial charge < -0.3 is 9.90 Å². The molecule has 0 aliphatic carbocycles. The van der Waals surface area contributed by atoms with Gasteiger partial charge in [-0.2, -0.15) is 0 Å². The van der Waals surface area contributed by atoms with Crippen molar-refractivity contribution in [3.8, 4) is 0 Å². The highest BCUT2D eigenvalue weighted by atomic mass is 16.4. The summed E-state index contributed by atoms with van der Waals surface area (Å²) in [5, 5.41) is 10.1. The molecule has 1 heterocycles. The summed E-state index contributed by atoms with van der Waals surface area (Å²) in [5.41, 5.74) is 0. The van der Waals surface area contributed by atoms with Crippen LogP contribution in [0, 0.1) is 0 Å². The van der Waals surface area contributed by atoms with E-state index >= 15 is 0 Å². The molecule has 0 saturated heterocycles. The molecule has 0 amide bonds. The van der Waals surface area contributed by atoms with Crippen LogP contribution in [0.2, 0.25) is 0 Å². The average molecular weight is 296 g/mol. The van der Waals surface area contributed by atoms with Crippen LogP contribution < -0.4 is 9.67 Å². The fraction of sp³-hybridized carbons (Fsp3) is 0.765. The fourth-order valence-electron chi connectivity index (χ4n) is 2.09. The molecule has 4 nitrogen and oxygen atoms in total. The van der Waals surface area contributed by atoms with Gasteiger partial charge >= 0.3 is 0 Å². The number of carbonyl (C=O) groups is 1. The molecule has 0 fully saturated rings. The average Bonchev–Trinajstić information content (AvgIpc) is 2.88. The summed E-state index contributed by atoms with van der Waals surface area (Å²) < 4.78 is 4.16. The van der Waals surface area contributed by atoms with E-state index in [1.807, 2.05) is 17.8 Å². The number of aryl methyl sites for hydroxylation is 2. The first-order valence-corrected chi connectivity index (χ1v) is 8.31. The summed E-state index contributed by atoms with van der Waals surface area (Å²) in [7, 11) is 2.02. The highest BCUT2D eigenvalue weighted by Gasteiger charge is 1.92. The first-order chi connectivity index (χ1) is 10.1. The second-order valence-electron chi connectivity index (χ2n) is 5.51. The monoisotopic (exact) mass is 296 g/mol. The molecule has 0 bridgehead atoms. The minimum atomic E-state index is -0.911. The first kappa shape index (κ1) is 19.7. The van der Waals surface area contributed by atoms with Gasteiger partial charge in [-0.15, -0.1) is 0 Å². The van der Waals surface area contributed by atoms with E-state index in [9.17, 15) is 9.90 Å². The lowest BCUT2D eigenvalue weighted by Gasteiger charge is -2.02. The summed E-state index contributed by atoms with van der Waals surface area (Å²) in [6.07, 6.45) is 15.9. The van der Waals surface area contributed by atoms with Crippen LogP contribution in [0.3, 0.4) is 0 Å². The van der Waals surface area contributed by atoms with Gasteiger partial charge in [0.25, 0.3) is 0 Å². The third kappa shape index (κ3) is 13.4. The molecule has 1 aromatic rings. The highest BCUT2D eigenvalue weighted by molar-refractivity contribution is 5.63. The third-order valence-electron chi connectivity index (χ3n) is 3.42. The van der Waals surface area contributed by atoms with Crippen molar-refractivity contribution in [1.29, 1.82) is 0 Å². The van der Waals surface area contributed by atoms with Crippen molar-refractivity contribution in [2.45, 2.75) is 78.2 Å². The largest absolute Gasteiger partial charge is 0.550 e. The van der Waals surface area contributed by atoms with E-state index in [1.165, 1.54) is 38.5 Å². The molecule has 0 aliphatic heterocycles. The van der Waals surface area contributed by atoms with Gasteiger partial charge in [-0.25, -0.2) is 9.13 Å². The standard InChI is InChI=1S/C11H22O2.C6H11N2/c1-2-3-4-5-6-7-8-9-10-11(12)13;1-3-8-5-4-7(2)6-8/h2-10H2,1H3,(H,12,13);4-6H,3H2,1-2H3/q;+1/p-1. The Morgan fingerprint density at radius 1 is 1.05 bits per heavy atom. The zero-order chi connectivity index (χ0) is 15.9. The Morgan fingerprint density at radius 2 is 1.62 bits per heavy atom. The van der Waals surface area contributed by atoms with Crippen molar-refractivity contribution in [2.75, 3.05) is 0 Å². The van der Waals surface area contributed by atoms with Crippen LogP contribution in [0.1, 0.15) is 71.6 Å². The zero-order valence-corrected chi connectivity index (χ0v) is 14.0. The van der Waals surface area contributed by atoms with E-state index in [0.29, 0.717) is 0 Å². The number of aromatic nitrogens is 2. The number of imidazole rings is 1. The molecule has 4 heteroatoms. The summed E-state index contributed by atoms with van der Waals surface area (Å²) in [6, 6.07) is 0. The quantitative estimate of drug-likeness (QED) is 0.492. The highest BCUT2D eigenvalue weighted by Crippen LogP contribution is 2.08. The Kier molecular flexibility index (Phi) is 12.8. The summed E-state index contributed by atoms with van der Waals surface area (Å²) in [5.74, 6) is -0.911. The van der Waals surface area contributed by atoms with Gasteiger partial charge in [0.15, 0.2) is 0 Å². The lowest BCUT2D eigenvalue weighted by atomic mass is 10.1. The maximum Gasteiger partial charge on any atom is 0.243 e. The van der Waals surface area contributed by atoms with E-state index in [1.54, 1.807) is 0 Å². The van der Waals surface area contributed by atoms with E-state index in [-0.39, 0.29) is 6.42 Å². The Balaban J connectivity index is 0.000000423. The topological polar surface area (TPSA) is 48.9 Å². The lowest BCUT2D eigenvalue weighted by Crippen LogP contribution is -2.23. The first-order valence-electron chi connectivity index (χ1n) is 8.31. The number of hydrogen-bond donors (Lipinski definition) is 0. The van der Waals surface area contributed by atoms with Crippen molar-refractivity contribution in [1.82, 2.24) is 4.57 Å². The summed E-state index contributed by atoms with van der Waals surface area (Å²) in [4.78, 5) is 10.1. The van der Waals surface area contributed by atoms with Crippen LogP contribution in [-0.4, -0.2) is 10.5 Å². The van der Waals surface area contributed by atoms with Crippen LogP contribution in [-0.2, 0) is 18.4 Å². The molecule has 0 aromatic carbocycles. The number of aliphatic carboxylic acids is 1. The number of rotatable bonds is 10. The van der Waals surface area contributed by atoms with Gasteiger partial charge in [-0.3, -0.25) is 0 Å². The van der Waals surface area contributed by atoms with Gasteiger partial charge in [0, 0.05) is 5.97 Å². The second kappa shape index (κ2) is 13.7. The molecule has 0 aliphatic rings. The molecule has 0 atom stereocenters. The van der Waals surface area contributed by atoms with Gasteiger partial charge in [0.2, 0.25) is 6.33 Å². The predicted molar refractivity (Wildman–Crippen MR) is 83.5 cm³/mol. The number of carbonyl (C=O) groups excluding carboxylic acids is 1. The molecule has 0 radical (unpaired) electrons. The normalized spacial score (nSPS) is 10.0. The molecule has 0 saturated carbocycles. The van der Waals surface area contributed by atoms with Crippen molar-refractivity contribution >= 4 is 5.97 Å². The second-order valence-corrected chi connectivity index (χ2v) is 5.51. The molecular formula is C17H32N2O2. The molecular weight excluding hydrogens is 264 g/mol. The van der Waals surface area contributed by atoms with E-state index in [4.69, 9.17) is 0 Å². The smallest absolute Gasteiger partial charge is 0.243 e. The SMILES string of the molecule is CCCCCCCCCCC(=O)[O-].CCn1cc[n+](C)c1. The van der Waals surface area contributed by atoms with E-state index < -0.39 is 5.97 Å². The third-order valence-corrected chi connectivity index (χ3v) is 3.42. The molecule has 0 unspecified atom stereocenters. The van der Waals surface area contributed by atoms with Gasteiger partial charge in [0.05, 0.1) is 13.6 Å². The van der Waals surface area contributed by atoms with Gasteiger partial charge in [-0.1, -0.05) is 51.9 Å². The number of unbranched alkanes of at least 4 members (excludes halogenated alkanes) is 7. The fourth-order valence-corrected chi connectivity index (χ4v) is 2.09.